The lowest BCUT2D eigenvalue weighted by molar-refractivity contribution is -0.145. The molecule has 28 heavy (non-hydrogen) atoms. The van der Waals surface area contributed by atoms with Gasteiger partial charge in [0.15, 0.2) is 0 Å². The van der Waals surface area contributed by atoms with Crippen LogP contribution in [-0.4, -0.2) is 41.8 Å². The maximum atomic E-state index is 12.7. The summed E-state index contributed by atoms with van der Waals surface area (Å²) in [7, 11) is 0. The van der Waals surface area contributed by atoms with E-state index in [4.69, 9.17) is 15.9 Å². The Morgan fingerprint density at radius 2 is 2.04 bits per heavy atom. The number of carbonyl (C=O) groups is 3. The molecule has 0 bridgehead atoms. The van der Waals surface area contributed by atoms with Gasteiger partial charge >= 0.3 is 5.97 Å². The molecule has 3 rings (SSSR count). The van der Waals surface area contributed by atoms with Gasteiger partial charge in [0.1, 0.15) is 18.9 Å². The van der Waals surface area contributed by atoms with E-state index in [-0.39, 0.29) is 18.1 Å². The third-order valence-electron chi connectivity index (χ3n) is 3.98. The van der Waals surface area contributed by atoms with E-state index in [2.05, 4.69) is 5.92 Å². The Kier molecular flexibility index (Phi) is 6.02. The number of ether oxygens (including phenoxy) is 2. The molecule has 1 fully saturated rings. The highest BCUT2D eigenvalue weighted by Gasteiger charge is 2.36. The van der Waals surface area contributed by atoms with Gasteiger partial charge in [0.25, 0.3) is 11.1 Å². The molecule has 2 aromatic carbocycles. The SMILES string of the molecule is C#CCOc1ccc2ccccc2c1/C=C1/SC(=O)N(CC(=O)OCC)C1=O. The number of amides is 2. The number of thioether (sulfide) groups is 1. The lowest BCUT2D eigenvalue weighted by atomic mass is 10.0. The lowest BCUT2D eigenvalue weighted by Gasteiger charge is -2.12. The standard InChI is InChI=1S/C21H17NO5S/c1-3-11-27-17-10-9-14-7-5-6-8-15(14)16(17)12-18-20(24)22(21(25)28-18)13-19(23)26-4-2/h1,5-10,12H,4,11,13H2,2H3/b18-12+. The van der Waals surface area contributed by atoms with Crippen molar-refractivity contribution < 1.29 is 23.9 Å². The fourth-order valence-electron chi connectivity index (χ4n) is 2.77. The Morgan fingerprint density at radius 3 is 2.79 bits per heavy atom. The summed E-state index contributed by atoms with van der Waals surface area (Å²) in [6.07, 6.45) is 6.89. The van der Waals surface area contributed by atoms with Gasteiger partial charge in [0, 0.05) is 5.56 Å². The van der Waals surface area contributed by atoms with Crippen molar-refractivity contribution in [1.29, 1.82) is 0 Å². The molecular formula is C21H17NO5S. The van der Waals surface area contributed by atoms with Crippen LogP contribution in [0, 0.1) is 12.3 Å². The minimum Gasteiger partial charge on any atom is -0.480 e. The van der Waals surface area contributed by atoms with E-state index in [9.17, 15) is 14.4 Å². The van der Waals surface area contributed by atoms with Crippen molar-refractivity contribution in [2.45, 2.75) is 6.92 Å². The van der Waals surface area contributed by atoms with Crippen LogP contribution in [0.15, 0.2) is 41.3 Å². The van der Waals surface area contributed by atoms with Gasteiger partial charge in [-0.1, -0.05) is 36.3 Å². The number of esters is 1. The average Bonchev–Trinajstić information content (AvgIpc) is 2.95. The van der Waals surface area contributed by atoms with E-state index in [0.717, 1.165) is 27.4 Å². The molecule has 1 aliphatic heterocycles. The van der Waals surface area contributed by atoms with E-state index in [1.807, 2.05) is 30.3 Å². The van der Waals surface area contributed by atoms with Crippen LogP contribution in [0.2, 0.25) is 0 Å². The summed E-state index contributed by atoms with van der Waals surface area (Å²) in [6, 6.07) is 11.3. The normalized spacial score (nSPS) is 15.1. The van der Waals surface area contributed by atoms with Crippen molar-refractivity contribution in [2.75, 3.05) is 19.8 Å². The van der Waals surface area contributed by atoms with Crippen LogP contribution in [-0.2, 0) is 14.3 Å². The summed E-state index contributed by atoms with van der Waals surface area (Å²) in [4.78, 5) is 37.6. The number of carbonyl (C=O) groups excluding carboxylic acids is 3. The zero-order chi connectivity index (χ0) is 20.1. The Morgan fingerprint density at radius 1 is 1.25 bits per heavy atom. The molecular weight excluding hydrogens is 378 g/mol. The molecule has 1 heterocycles. The highest BCUT2D eigenvalue weighted by Crippen LogP contribution is 2.36. The first-order valence-corrected chi connectivity index (χ1v) is 9.35. The number of rotatable bonds is 6. The Bertz CT molecular complexity index is 1020. The van der Waals surface area contributed by atoms with Crippen LogP contribution in [0.3, 0.4) is 0 Å². The van der Waals surface area contributed by atoms with Gasteiger partial charge in [0.05, 0.1) is 11.5 Å². The van der Waals surface area contributed by atoms with Gasteiger partial charge in [-0.15, -0.1) is 6.42 Å². The van der Waals surface area contributed by atoms with Gasteiger partial charge in [-0.2, -0.15) is 0 Å². The van der Waals surface area contributed by atoms with Crippen LogP contribution in [0.4, 0.5) is 4.79 Å². The molecule has 2 amide bonds. The van der Waals surface area contributed by atoms with E-state index >= 15 is 0 Å². The van der Waals surface area contributed by atoms with Gasteiger partial charge in [-0.25, -0.2) is 0 Å². The summed E-state index contributed by atoms with van der Waals surface area (Å²) < 4.78 is 10.4. The number of fused-ring (bicyclic) bond motifs is 1. The van der Waals surface area contributed by atoms with E-state index in [1.54, 1.807) is 19.1 Å². The molecule has 7 heteroatoms. The van der Waals surface area contributed by atoms with Gasteiger partial charge in [0.2, 0.25) is 0 Å². The summed E-state index contributed by atoms with van der Waals surface area (Å²) >= 11 is 0.773. The van der Waals surface area contributed by atoms with E-state index < -0.39 is 23.7 Å². The fourth-order valence-corrected chi connectivity index (χ4v) is 3.59. The van der Waals surface area contributed by atoms with Gasteiger partial charge < -0.3 is 9.47 Å². The monoisotopic (exact) mass is 395 g/mol. The molecule has 1 saturated heterocycles. The molecule has 6 nitrogen and oxygen atoms in total. The first-order chi connectivity index (χ1) is 13.5. The number of terminal acetylenes is 1. The summed E-state index contributed by atoms with van der Waals surface area (Å²) in [5.74, 6) is 1.75. The van der Waals surface area contributed by atoms with Crippen molar-refractivity contribution in [3.8, 4) is 18.1 Å². The first kappa shape index (κ1) is 19.5. The molecule has 2 aromatic rings. The van der Waals surface area contributed by atoms with E-state index in [1.165, 1.54) is 0 Å². The highest BCUT2D eigenvalue weighted by molar-refractivity contribution is 8.18. The van der Waals surface area contributed by atoms with Crippen LogP contribution in [0.25, 0.3) is 16.8 Å². The molecule has 0 aliphatic carbocycles. The molecule has 142 valence electrons. The predicted octanol–water partition coefficient (Wildman–Crippen LogP) is 3.45. The van der Waals surface area contributed by atoms with Crippen LogP contribution >= 0.6 is 11.8 Å². The van der Waals surface area contributed by atoms with Gasteiger partial charge in [-0.05, 0) is 41.6 Å². The number of benzene rings is 2. The molecule has 0 atom stereocenters. The number of nitrogens with zero attached hydrogens (tertiary/aromatic N) is 1. The minimum absolute atomic E-state index is 0.0729. The number of hydrogen-bond acceptors (Lipinski definition) is 6. The van der Waals surface area contributed by atoms with Crippen molar-refractivity contribution in [2.24, 2.45) is 0 Å². The molecule has 0 aromatic heterocycles. The number of hydrogen-bond donors (Lipinski definition) is 0. The number of imide groups is 1. The highest BCUT2D eigenvalue weighted by atomic mass is 32.2. The predicted molar refractivity (Wildman–Crippen MR) is 108 cm³/mol. The molecule has 0 N–H and O–H groups in total. The Hall–Kier alpha value is -3.24. The van der Waals surface area contributed by atoms with Gasteiger partial charge in [-0.3, -0.25) is 19.3 Å². The molecule has 0 spiro atoms. The van der Waals surface area contributed by atoms with E-state index in [0.29, 0.717) is 11.3 Å². The molecule has 0 radical (unpaired) electrons. The summed E-state index contributed by atoms with van der Waals surface area (Å²) in [5, 5.41) is 1.29. The topological polar surface area (TPSA) is 72.9 Å². The Labute approximate surface area is 166 Å². The maximum Gasteiger partial charge on any atom is 0.326 e. The smallest absolute Gasteiger partial charge is 0.326 e. The van der Waals surface area contributed by atoms with Crippen molar-refractivity contribution in [3.05, 3.63) is 46.9 Å². The molecule has 0 saturated carbocycles. The zero-order valence-corrected chi connectivity index (χ0v) is 16.0. The third-order valence-corrected chi connectivity index (χ3v) is 4.89. The van der Waals surface area contributed by atoms with Crippen LogP contribution < -0.4 is 4.74 Å². The zero-order valence-electron chi connectivity index (χ0n) is 15.1. The van der Waals surface area contributed by atoms with Crippen molar-refractivity contribution in [1.82, 2.24) is 4.90 Å². The van der Waals surface area contributed by atoms with Crippen LogP contribution in [0.1, 0.15) is 12.5 Å². The quantitative estimate of drug-likeness (QED) is 0.424. The average molecular weight is 395 g/mol. The third kappa shape index (κ3) is 4.02. The van der Waals surface area contributed by atoms with Crippen LogP contribution in [0.5, 0.6) is 5.75 Å². The Balaban J connectivity index is 1.99. The summed E-state index contributed by atoms with van der Waals surface area (Å²) in [6.45, 7) is 1.50. The van der Waals surface area contributed by atoms with Crippen molar-refractivity contribution in [3.63, 3.8) is 0 Å². The second kappa shape index (κ2) is 8.63. The second-order valence-electron chi connectivity index (χ2n) is 5.76. The molecule has 0 unspecified atom stereocenters. The lowest BCUT2D eigenvalue weighted by Crippen LogP contribution is -2.34. The minimum atomic E-state index is -0.630. The van der Waals surface area contributed by atoms with Crippen molar-refractivity contribution >= 4 is 45.7 Å². The second-order valence-corrected chi connectivity index (χ2v) is 6.76. The maximum absolute atomic E-state index is 12.7. The fraction of sp³-hybridized carbons (Fsp3) is 0.190. The summed E-state index contributed by atoms with van der Waals surface area (Å²) in [5.41, 5.74) is 0.648. The largest absolute Gasteiger partial charge is 0.480 e. The first-order valence-electron chi connectivity index (χ1n) is 8.54. The molecule has 1 aliphatic rings.